The fourth-order valence-electron chi connectivity index (χ4n) is 9.72. The van der Waals surface area contributed by atoms with Crippen LogP contribution in [0, 0.1) is 29.6 Å². The minimum absolute atomic E-state index is 0.127. The number of likely N-dealkylation sites (N-methyl/N-ethyl adjacent to an activating group) is 2. The number of carbonyl (C=O) groups is 2. The molecule has 1 saturated heterocycles. The number of amides is 2. The van der Waals surface area contributed by atoms with E-state index in [0.29, 0.717) is 65.0 Å². The summed E-state index contributed by atoms with van der Waals surface area (Å²) in [5.74, 6) is 13.4. The lowest BCUT2D eigenvalue weighted by molar-refractivity contribution is 0.0857. The van der Waals surface area contributed by atoms with Crippen LogP contribution in [0.15, 0.2) is 116 Å². The first-order chi connectivity index (χ1) is 37.9. The van der Waals surface area contributed by atoms with Gasteiger partial charge < -0.3 is 47.4 Å². The number of aliphatic hydroxyl groups excluding tert-OH is 2. The van der Waals surface area contributed by atoms with Gasteiger partial charge in [0.05, 0.1) is 41.8 Å². The number of nitrogens with one attached hydrogen (secondary N) is 4. The van der Waals surface area contributed by atoms with Crippen molar-refractivity contribution in [3.8, 4) is 46.2 Å². The average Bonchev–Trinajstić information content (AvgIpc) is 4.35. The molecule has 1 fully saturated rings. The molecule has 400 valence electrons. The number of nitrogens with two attached hydrogens (primary N) is 2. The van der Waals surface area contributed by atoms with Crippen LogP contribution in [-0.2, 0) is 6.54 Å². The van der Waals surface area contributed by atoms with Crippen LogP contribution in [0.4, 0.5) is 11.6 Å². The lowest BCUT2D eigenvalue weighted by Gasteiger charge is -2.25. The van der Waals surface area contributed by atoms with Gasteiger partial charge in [0.2, 0.25) is 0 Å². The third-order valence-electron chi connectivity index (χ3n) is 14.3. The standard InChI is InChI=1S/C60H66N14O4/c1-4-72(5-2)36-49(75)33-66-59(77)42-13-7-40(8-14-42)12-22-52-54-29-45(18-20-47(54)32-65-58(52)62)56-38-74(71-70-56)35-48-27-41(30-63-48)24-26-73(6-3)37-50(76)34-67-60(78)43-15-9-39(10-16-43)11-21-51-53-28-44(55-23-25-68-69-55)17-19-46(53)31-64-57(51)61/h7-10,13-20,23,25,28-29,31-32,38,41,48-50,63,75-76H,4-6,24,26-27,30,33-37H2,1-3H3,(H2,61,64)(H2,62,65)(H,66,77)(H,67,78)(H,68,69). The summed E-state index contributed by atoms with van der Waals surface area (Å²) < 4.78 is 1.88. The lowest BCUT2D eigenvalue weighted by atomic mass is 10.0. The SMILES string of the molecule is CCN(CC)CC(O)CNC(=O)c1ccc(C#Cc2c(N)ncc3ccc(-c4cn(CC5CC(CCN(CC)CC(O)CNC(=O)c6ccc(C#Cc7c(N)ncc8ccc(-c9ccn[nH]9)cc78)cc6)CN5)nn4)cc23)cc1. The Morgan fingerprint density at radius 2 is 1.28 bits per heavy atom. The van der Waals surface area contributed by atoms with E-state index < -0.39 is 12.2 Å². The number of fused-ring (bicyclic) bond motifs is 2. The zero-order valence-electron chi connectivity index (χ0n) is 44.2. The van der Waals surface area contributed by atoms with Crippen LogP contribution in [0.5, 0.6) is 0 Å². The Morgan fingerprint density at radius 1 is 0.731 bits per heavy atom. The van der Waals surface area contributed by atoms with Gasteiger partial charge in [0, 0.05) is 106 Å². The van der Waals surface area contributed by atoms with Crippen LogP contribution in [-0.4, -0.2) is 144 Å². The molecule has 0 spiro atoms. The minimum atomic E-state index is -0.735. The van der Waals surface area contributed by atoms with Crippen molar-refractivity contribution >= 4 is 45.0 Å². The quantitative estimate of drug-likeness (QED) is 0.0451. The van der Waals surface area contributed by atoms with Crippen molar-refractivity contribution in [3.63, 3.8) is 0 Å². The number of benzene rings is 4. The molecule has 4 aromatic heterocycles. The Balaban J connectivity index is 0.723. The molecule has 18 heteroatoms. The Morgan fingerprint density at radius 3 is 1.83 bits per heavy atom. The van der Waals surface area contributed by atoms with E-state index >= 15 is 0 Å². The molecule has 18 nitrogen and oxygen atoms in total. The van der Waals surface area contributed by atoms with Crippen molar-refractivity contribution in [1.29, 1.82) is 0 Å². The van der Waals surface area contributed by atoms with E-state index in [-0.39, 0.29) is 30.9 Å². The number of hydrogen-bond acceptors (Lipinski definition) is 14. The van der Waals surface area contributed by atoms with Crippen molar-refractivity contribution in [3.05, 3.63) is 149 Å². The predicted octanol–water partition coefficient (Wildman–Crippen LogP) is 5.31. The van der Waals surface area contributed by atoms with Crippen LogP contribution < -0.4 is 27.4 Å². The van der Waals surface area contributed by atoms with Crippen molar-refractivity contribution in [2.45, 2.75) is 58.4 Å². The number of aromatic amines is 1. The molecule has 1 aliphatic heterocycles. The van der Waals surface area contributed by atoms with Gasteiger partial charge >= 0.3 is 0 Å². The maximum atomic E-state index is 13.1. The highest BCUT2D eigenvalue weighted by Crippen LogP contribution is 2.29. The molecule has 4 aromatic carbocycles. The highest BCUT2D eigenvalue weighted by Gasteiger charge is 2.26. The molecule has 2 amide bonds. The molecule has 4 unspecified atom stereocenters. The topological polar surface area (TPSA) is 254 Å². The largest absolute Gasteiger partial charge is 0.390 e. The lowest BCUT2D eigenvalue weighted by Crippen LogP contribution is -2.40. The van der Waals surface area contributed by atoms with E-state index in [2.05, 4.69) is 86.8 Å². The number of aromatic nitrogens is 7. The fraction of sp³-hybridized carbons (Fsp3) is 0.317. The maximum absolute atomic E-state index is 13.1. The number of H-pyrrole nitrogens is 1. The molecule has 4 atom stereocenters. The van der Waals surface area contributed by atoms with Gasteiger partial charge in [-0.3, -0.25) is 19.4 Å². The molecular weight excluding hydrogens is 981 g/mol. The van der Waals surface area contributed by atoms with Gasteiger partial charge in [-0.2, -0.15) is 5.10 Å². The number of anilines is 2. The van der Waals surface area contributed by atoms with Gasteiger partial charge in [0.15, 0.2) is 0 Å². The van der Waals surface area contributed by atoms with Crippen LogP contribution >= 0.6 is 0 Å². The summed E-state index contributed by atoms with van der Waals surface area (Å²) in [6.07, 6.45) is 7.69. The molecule has 9 rings (SSSR count). The van der Waals surface area contributed by atoms with Crippen LogP contribution in [0.25, 0.3) is 44.1 Å². The number of nitrogens with zero attached hydrogens (tertiary/aromatic N) is 8. The highest BCUT2D eigenvalue weighted by molar-refractivity contribution is 5.96. The minimum Gasteiger partial charge on any atom is -0.390 e. The van der Waals surface area contributed by atoms with E-state index in [9.17, 15) is 19.8 Å². The third-order valence-corrected chi connectivity index (χ3v) is 14.3. The summed E-state index contributed by atoms with van der Waals surface area (Å²) in [5.41, 5.74) is 19.7. The Bertz CT molecular complexity index is 3480. The third kappa shape index (κ3) is 13.7. The first-order valence-corrected chi connectivity index (χ1v) is 26.5. The van der Waals surface area contributed by atoms with E-state index in [1.165, 1.54) is 0 Å². The number of rotatable bonds is 20. The number of nitrogen functional groups attached to an aromatic ring is 2. The normalized spacial score (nSPS) is 15.0. The summed E-state index contributed by atoms with van der Waals surface area (Å²) in [4.78, 5) is 39.0. The van der Waals surface area contributed by atoms with Gasteiger partial charge in [-0.05, 0) is 118 Å². The molecule has 1 aliphatic rings. The first-order valence-electron chi connectivity index (χ1n) is 26.5. The Hall–Kier alpha value is -8.49. The number of pyridine rings is 2. The summed E-state index contributed by atoms with van der Waals surface area (Å²) in [7, 11) is 0. The van der Waals surface area contributed by atoms with E-state index in [0.717, 1.165) is 95.2 Å². The van der Waals surface area contributed by atoms with Crippen molar-refractivity contribution < 1.29 is 19.8 Å². The summed E-state index contributed by atoms with van der Waals surface area (Å²) >= 11 is 0. The predicted molar refractivity (Wildman–Crippen MR) is 305 cm³/mol. The van der Waals surface area contributed by atoms with Gasteiger partial charge in [-0.15, -0.1) is 5.10 Å². The zero-order chi connectivity index (χ0) is 54.5. The average molecular weight is 1050 g/mol. The summed E-state index contributed by atoms with van der Waals surface area (Å²) in [5, 5.41) is 50.3. The van der Waals surface area contributed by atoms with Crippen LogP contribution in [0.1, 0.15) is 76.6 Å². The monoisotopic (exact) mass is 1050 g/mol. The van der Waals surface area contributed by atoms with Gasteiger partial charge in [-0.1, -0.05) is 73.9 Å². The second-order valence-electron chi connectivity index (χ2n) is 19.7. The summed E-state index contributed by atoms with van der Waals surface area (Å²) in [6, 6.07) is 28.2. The van der Waals surface area contributed by atoms with Gasteiger partial charge in [0.25, 0.3) is 11.8 Å². The molecule has 0 saturated carbocycles. The van der Waals surface area contributed by atoms with Crippen LogP contribution in [0.3, 0.4) is 0 Å². The van der Waals surface area contributed by atoms with E-state index in [1.807, 2.05) is 67.2 Å². The van der Waals surface area contributed by atoms with Crippen molar-refractivity contribution in [1.82, 2.24) is 60.9 Å². The molecule has 10 N–H and O–H groups in total. The van der Waals surface area contributed by atoms with Crippen molar-refractivity contribution in [2.24, 2.45) is 5.92 Å². The maximum Gasteiger partial charge on any atom is 0.251 e. The molecule has 5 heterocycles. The Labute approximate surface area is 454 Å². The van der Waals surface area contributed by atoms with E-state index in [4.69, 9.17) is 11.5 Å². The van der Waals surface area contributed by atoms with E-state index in [1.54, 1.807) is 67.1 Å². The summed E-state index contributed by atoms with van der Waals surface area (Å²) in [6.45, 7) is 12.2. The Kier molecular flexibility index (Phi) is 17.8. The van der Waals surface area contributed by atoms with Crippen molar-refractivity contribution in [2.75, 3.05) is 70.4 Å². The number of aliphatic hydroxyl groups is 2. The molecule has 0 bridgehead atoms. The second-order valence-corrected chi connectivity index (χ2v) is 19.7. The molecule has 8 aromatic rings. The molecule has 78 heavy (non-hydrogen) atoms. The zero-order valence-corrected chi connectivity index (χ0v) is 44.2. The first kappa shape index (κ1) is 54.3. The van der Waals surface area contributed by atoms with Gasteiger partial charge in [-0.25, -0.2) is 9.97 Å². The number of hydrogen-bond donors (Lipinski definition) is 8. The highest BCUT2D eigenvalue weighted by atomic mass is 16.3. The molecule has 0 radical (unpaired) electrons. The van der Waals surface area contributed by atoms with Gasteiger partial charge in [0.1, 0.15) is 17.3 Å². The second kappa shape index (κ2) is 25.6. The smallest absolute Gasteiger partial charge is 0.251 e. The number of carbonyl (C=O) groups excluding carboxylic acids is 2. The fourth-order valence-corrected chi connectivity index (χ4v) is 9.72. The molecule has 0 aliphatic carbocycles. The molecular formula is C60H66N14O4. The van der Waals surface area contributed by atoms with Crippen LogP contribution in [0.2, 0.25) is 0 Å².